The van der Waals surface area contributed by atoms with Crippen LogP contribution in [0.25, 0.3) is 0 Å². The average molecular weight is 220 g/mol. The summed E-state index contributed by atoms with van der Waals surface area (Å²) in [7, 11) is 1.44. The highest BCUT2D eigenvalue weighted by Gasteiger charge is 2.25. The van der Waals surface area contributed by atoms with Gasteiger partial charge in [-0.05, 0) is 15.9 Å². The summed E-state index contributed by atoms with van der Waals surface area (Å²) in [5.74, 6) is -0.549. The van der Waals surface area contributed by atoms with E-state index in [0.717, 1.165) is 4.90 Å². The Labute approximate surface area is 74.2 Å². The zero-order valence-electron chi connectivity index (χ0n) is 6.72. The minimum atomic E-state index is -0.278. The van der Waals surface area contributed by atoms with Crippen molar-refractivity contribution in [3.05, 3.63) is 10.6 Å². The van der Waals surface area contributed by atoms with Crippen LogP contribution in [0.1, 0.15) is 13.8 Å². The van der Waals surface area contributed by atoms with Crippen molar-refractivity contribution >= 4 is 27.7 Å². The smallest absolute Gasteiger partial charge is 0.267 e. The molecule has 0 saturated heterocycles. The fourth-order valence-electron chi connectivity index (χ4n) is 0.527. The number of likely N-dealkylation sites (N-methyl/N-ethyl adjacent to an activating group) is 1. The molecule has 0 atom stereocenters. The molecular weight excluding hydrogens is 210 g/mol. The Morgan fingerprint density at radius 3 is 1.91 bits per heavy atom. The second-order valence-corrected chi connectivity index (χ2v) is 2.55. The third-order valence-electron chi connectivity index (χ3n) is 1.09. The normalized spacial score (nSPS) is 16.0. The highest BCUT2D eigenvalue weighted by Crippen LogP contribution is 2.15. The van der Waals surface area contributed by atoms with Gasteiger partial charge in [0.1, 0.15) is 0 Å². The molecule has 4 heteroatoms. The van der Waals surface area contributed by atoms with E-state index in [4.69, 9.17) is 0 Å². The van der Waals surface area contributed by atoms with Gasteiger partial charge in [-0.25, -0.2) is 0 Å². The molecule has 0 saturated carbocycles. The van der Waals surface area contributed by atoms with Gasteiger partial charge in [0.2, 0.25) is 0 Å². The number of hydrogen-bond donors (Lipinski definition) is 0. The predicted molar refractivity (Wildman–Crippen MR) is 46.1 cm³/mol. The molecule has 0 aromatic rings. The van der Waals surface area contributed by atoms with E-state index in [9.17, 15) is 9.59 Å². The topological polar surface area (TPSA) is 37.4 Å². The Kier molecular flexibility index (Phi) is 4.03. The van der Waals surface area contributed by atoms with Gasteiger partial charge in [-0.3, -0.25) is 14.5 Å². The lowest BCUT2D eigenvalue weighted by Gasteiger charge is -2.02. The summed E-state index contributed by atoms with van der Waals surface area (Å²) >= 11 is 2.93. The molecule has 0 spiro atoms. The molecular formula is C7H10BrNO2. The number of hydrogen-bond acceptors (Lipinski definition) is 2. The van der Waals surface area contributed by atoms with Gasteiger partial charge in [0.05, 0.1) is 4.48 Å². The van der Waals surface area contributed by atoms with Gasteiger partial charge >= 0.3 is 0 Å². The summed E-state index contributed by atoms with van der Waals surface area (Å²) in [6.07, 6.45) is 1.25. The van der Waals surface area contributed by atoms with Crippen molar-refractivity contribution in [3.8, 4) is 0 Å². The molecule has 0 unspecified atom stereocenters. The minimum Gasteiger partial charge on any atom is -0.278 e. The zero-order chi connectivity index (χ0) is 9.02. The Hall–Kier alpha value is -0.640. The second-order valence-electron chi connectivity index (χ2n) is 1.69. The summed E-state index contributed by atoms with van der Waals surface area (Å²) in [6, 6.07) is 0. The quantitative estimate of drug-likeness (QED) is 0.577. The standard InChI is InChI=1S/C5H4BrNO2.C2H6/c1-7-4(8)2-3(6)5(7)9;1-2/h2H,1H3;1-2H3. The third-order valence-corrected chi connectivity index (χ3v) is 1.66. The molecule has 0 aromatic carbocycles. The molecule has 0 fully saturated rings. The minimum absolute atomic E-state index is 0.271. The zero-order valence-corrected chi connectivity index (χ0v) is 8.31. The SMILES string of the molecule is CC.CN1C(=O)C=C(Br)C1=O. The van der Waals surface area contributed by atoms with Crippen molar-refractivity contribution < 1.29 is 9.59 Å². The summed E-state index contributed by atoms with van der Waals surface area (Å²) in [4.78, 5) is 22.3. The van der Waals surface area contributed by atoms with Gasteiger partial charge in [0, 0.05) is 13.1 Å². The van der Waals surface area contributed by atoms with Crippen LogP contribution < -0.4 is 0 Å². The summed E-state index contributed by atoms with van der Waals surface area (Å²) in [5, 5.41) is 0. The van der Waals surface area contributed by atoms with Crippen LogP contribution in [0.3, 0.4) is 0 Å². The first-order chi connectivity index (χ1) is 5.13. The monoisotopic (exact) mass is 219 g/mol. The van der Waals surface area contributed by atoms with Gasteiger partial charge in [0.15, 0.2) is 0 Å². The molecule has 2 amide bonds. The predicted octanol–water partition coefficient (Wildman–Crippen LogP) is 1.29. The van der Waals surface area contributed by atoms with Gasteiger partial charge < -0.3 is 0 Å². The molecule has 3 nitrogen and oxygen atoms in total. The lowest BCUT2D eigenvalue weighted by molar-refractivity contribution is -0.135. The fourth-order valence-corrected chi connectivity index (χ4v) is 0.989. The first-order valence-corrected chi connectivity index (χ1v) is 4.11. The van der Waals surface area contributed by atoms with E-state index in [1.54, 1.807) is 0 Å². The van der Waals surface area contributed by atoms with Crippen LogP contribution in [0.4, 0.5) is 0 Å². The Balaban J connectivity index is 0.000000461. The average Bonchev–Trinajstić information content (AvgIpc) is 2.22. The highest BCUT2D eigenvalue weighted by atomic mass is 79.9. The Morgan fingerprint density at radius 1 is 1.36 bits per heavy atom. The van der Waals surface area contributed by atoms with Crippen molar-refractivity contribution in [2.45, 2.75) is 13.8 Å². The first kappa shape index (κ1) is 10.4. The molecule has 1 rings (SSSR count). The molecule has 0 N–H and O–H groups in total. The maximum Gasteiger partial charge on any atom is 0.267 e. The lowest BCUT2D eigenvalue weighted by atomic mass is 10.6. The second kappa shape index (κ2) is 4.28. The number of halogens is 1. The van der Waals surface area contributed by atoms with Crippen LogP contribution in [0.15, 0.2) is 10.6 Å². The van der Waals surface area contributed by atoms with Crippen molar-refractivity contribution in [1.82, 2.24) is 4.90 Å². The van der Waals surface area contributed by atoms with E-state index in [1.165, 1.54) is 13.1 Å². The van der Waals surface area contributed by atoms with Gasteiger partial charge in [-0.1, -0.05) is 13.8 Å². The van der Waals surface area contributed by atoms with Crippen LogP contribution in [-0.2, 0) is 9.59 Å². The van der Waals surface area contributed by atoms with E-state index < -0.39 is 0 Å². The van der Waals surface area contributed by atoms with Gasteiger partial charge in [0.25, 0.3) is 11.8 Å². The molecule has 0 aliphatic carbocycles. The molecule has 1 heterocycles. The number of rotatable bonds is 0. The Bertz CT molecular complexity index is 210. The van der Waals surface area contributed by atoms with Gasteiger partial charge in [-0.2, -0.15) is 0 Å². The van der Waals surface area contributed by atoms with Crippen LogP contribution in [0.5, 0.6) is 0 Å². The van der Waals surface area contributed by atoms with E-state index in [1.807, 2.05) is 13.8 Å². The van der Waals surface area contributed by atoms with Crippen LogP contribution in [0.2, 0.25) is 0 Å². The number of nitrogens with zero attached hydrogens (tertiary/aromatic N) is 1. The van der Waals surface area contributed by atoms with Crippen LogP contribution >= 0.6 is 15.9 Å². The highest BCUT2D eigenvalue weighted by molar-refractivity contribution is 9.12. The van der Waals surface area contributed by atoms with E-state index in [0.29, 0.717) is 4.48 Å². The van der Waals surface area contributed by atoms with Crippen molar-refractivity contribution in [2.75, 3.05) is 7.05 Å². The van der Waals surface area contributed by atoms with Gasteiger partial charge in [-0.15, -0.1) is 0 Å². The number of imide groups is 1. The van der Waals surface area contributed by atoms with E-state index in [2.05, 4.69) is 15.9 Å². The third kappa shape index (κ3) is 2.15. The molecule has 1 aliphatic heterocycles. The lowest BCUT2D eigenvalue weighted by Crippen LogP contribution is -2.25. The molecule has 1 aliphatic rings. The van der Waals surface area contributed by atoms with Crippen LogP contribution in [-0.4, -0.2) is 23.8 Å². The maximum absolute atomic E-state index is 10.7. The van der Waals surface area contributed by atoms with Crippen molar-refractivity contribution in [1.29, 1.82) is 0 Å². The molecule has 0 radical (unpaired) electrons. The summed E-state index contributed by atoms with van der Waals surface area (Å²) < 4.78 is 0.329. The van der Waals surface area contributed by atoms with Crippen molar-refractivity contribution in [3.63, 3.8) is 0 Å². The largest absolute Gasteiger partial charge is 0.278 e. The number of carbonyl (C=O) groups excluding carboxylic acids is 2. The molecule has 62 valence electrons. The van der Waals surface area contributed by atoms with E-state index >= 15 is 0 Å². The van der Waals surface area contributed by atoms with Crippen LogP contribution in [0, 0.1) is 0 Å². The molecule has 0 bridgehead atoms. The number of carbonyl (C=O) groups is 2. The summed E-state index contributed by atoms with van der Waals surface area (Å²) in [5.41, 5.74) is 0. The molecule has 11 heavy (non-hydrogen) atoms. The molecule has 0 aromatic heterocycles. The number of amides is 2. The van der Waals surface area contributed by atoms with E-state index in [-0.39, 0.29) is 11.8 Å². The summed E-state index contributed by atoms with van der Waals surface area (Å²) in [6.45, 7) is 4.00. The first-order valence-electron chi connectivity index (χ1n) is 3.32. The Morgan fingerprint density at radius 2 is 1.82 bits per heavy atom. The fraction of sp³-hybridized carbons (Fsp3) is 0.429. The maximum atomic E-state index is 10.7. The van der Waals surface area contributed by atoms with Crippen molar-refractivity contribution in [2.24, 2.45) is 0 Å².